The SMILES string of the molecule is CCN(c1cc(N)cc(OC(C)C)c1)C1CCCC1. The predicted octanol–water partition coefficient (Wildman–Crippen LogP) is 3.82. The van der Waals surface area contributed by atoms with Crippen LogP contribution in [0.4, 0.5) is 11.4 Å². The Labute approximate surface area is 116 Å². The van der Waals surface area contributed by atoms with Gasteiger partial charge < -0.3 is 15.4 Å². The van der Waals surface area contributed by atoms with E-state index in [0.717, 1.165) is 18.0 Å². The first-order chi connectivity index (χ1) is 9.10. The van der Waals surface area contributed by atoms with Crippen LogP contribution in [0.2, 0.25) is 0 Å². The van der Waals surface area contributed by atoms with Crippen molar-refractivity contribution >= 4 is 11.4 Å². The van der Waals surface area contributed by atoms with Crippen molar-refractivity contribution in [3.63, 3.8) is 0 Å². The molecule has 1 aromatic rings. The van der Waals surface area contributed by atoms with Crippen LogP contribution in [0.5, 0.6) is 5.75 Å². The minimum Gasteiger partial charge on any atom is -0.491 e. The molecule has 1 saturated carbocycles. The molecule has 1 aromatic carbocycles. The lowest BCUT2D eigenvalue weighted by Crippen LogP contribution is -2.33. The Balaban J connectivity index is 2.23. The number of hydrogen-bond donors (Lipinski definition) is 1. The highest BCUT2D eigenvalue weighted by Gasteiger charge is 2.22. The second-order valence-corrected chi connectivity index (χ2v) is 5.65. The summed E-state index contributed by atoms with van der Waals surface area (Å²) in [7, 11) is 0. The number of nitrogens with two attached hydrogens (primary N) is 1. The average molecular weight is 262 g/mol. The van der Waals surface area contributed by atoms with Gasteiger partial charge in [0.15, 0.2) is 0 Å². The Morgan fingerprint density at radius 2 is 1.95 bits per heavy atom. The third-order valence-corrected chi connectivity index (χ3v) is 3.72. The molecule has 0 heterocycles. The Bertz CT molecular complexity index is 411. The molecule has 0 bridgehead atoms. The molecule has 3 heteroatoms. The van der Waals surface area contributed by atoms with Crippen LogP contribution in [0, 0.1) is 0 Å². The lowest BCUT2D eigenvalue weighted by Gasteiger charge is -2.30. The lowest BCUT2D eigenvalue weighted by atomic mass is 10.1. The van der Waals surface area contributed by atoms with Gasteiger partial charge in [0.1, 0.15) is 5.75 Å². The van der Waals surface area contributed by atoms with Gasteiger partial charge in [0.2, 0.25) is 0 Å². The molecule has 0 aromatic heterocycles. The lowest BCUT2D eigenvalue weighted by molar-refractivity contribution is 0.242. The minimum atomic E-state index is 0.177. The van der Waals surface area contributed by atoms with Crippen LogP contribution in [0.3, 0.4) is 0 Å². The van der Waals surface area contributed by atoms with Gasteiger partial charge in [-0.25, -0.2) is 0 Å². The van der Waals surface area contributed by atoms with Crippen LogP contribution in [0.25, 0.3) is 0 Å². The molecular formula is C16H26N2O. The fraction of sp³-hybridized carbons (Fsp3) is 0.625. The Morgan fingerprint density at radius 3 is 2.53 bits per heavy atom. The van der Waals surface area contributed by atoms with Gasteiger partial charge in [-0.1, -0.05) is 12.8 Å². The zero-order valence-electron chi connectivity index (χ0n) is 12.4. The number of ether oxygens (including phenoxy) is 1. The molecule has 0 spiro atoms. The summed E-state index contributed by atoms with van der Waals surface area (Å²) in [5.74, 6) is 0.876. The van der Waals surface area contributed by atoms with E-state index in [1.807, 2.05) is 19.9 Å². The van der Waals surface area contributed by atoms with E-state index in [9.17, 15) is 0 Å². The van der Waals surface area contributed by atoms with Gasteiger partial charge >= 0.3 is 0 Å². The normalized spacial score (nSPS) is 16.0. The van der Waals surface area contributed by atoms with Crippen LogP contribution >= 0.6 is 0 Å². The van der Waals surface area contributed by atoms with Crippen molar-refractivity contribution in [2.24, 2.45) is 0 Å². The monoisotopic (exact) mass is 262 g/mol. The second kappa shape index (κ2) is 6.18. The smallest absolute Gasteiger partial charge is 0.123 e. The number of anilines is 2. The maximum Gasteiger partial charge on any atom is 0.123 e. The maximum atomic E-state index is 6.02. The van der Waals surface area contributed by atoms with E-state index in [4.69, 9.17) is 10.5 Å². The summed E-state index contributed by atoms with van der Waals surface area (Å²) in [5.41, 5.74) is 8.00. The third kappa shape index (κ3) is 3.55. The van der Waals surface area contributed by atoms with Crippen molar-refractivity contribution < 1.29 is 4.74 Å². The summed E-state index contributed by atoms with van der Waals surface area (Å²) in [4.78, 5) is 2.47. The average Bonchev–Trinajstić information content (AvgIpc) is 2.82. The molecule has 0 aliphatic heterocycles. The first kappa shape index (κ1) is 14.0. The standard InChI is InChI=1S/C16H26N2O/c1-4-18(14-7-5-6-8-14)15-9-13(17)10-16(11-15)19-12(2)3/h9-12,14H,4-8,17H2,1-3H3. The summed E-state index contributed by atoms with van der Waals surface area (Å²) >= 11 is 0. The van der Waals surface area contributed by atoms with E-state index in [1.54, 1.807) is 0 Å². The second-order valence-electron chi connectivity index (χ2n) is 5.65. The third-order valence-electron chi connectivity index (χ3n) is 3.72. The van der Waals surface area contributed by atoms with Crippen LogP contribution in [-0.2, 0) is 0 Å². The van der Waals surface area contributed by atoms with Gasteiger partial charge in [-0.05, 0) is 39.7 Å². The number of hydrogen-bond acceptors (Lipinski definition) is 3. The molecule has 0 radical (unpaired) electrons. The van der Waals surface area contributed by atoms with E-state index < -0.39 is 0 Å². The molecule has 19 heavy (non-hydrogen) atoms. The highest BCUT2D eigenvalue weighted by Crippen LogP contribution is 2.32. The van der Waals surface area contributed by atoms with Gasteiger partial charge in [0, 0.05) is 36.1 Å². The molecule has 106 valence electrons. The van der Waals surface area contributed by atoms with Crippen LogP contribution in [0.1, 0.15) is 46.5 Å². The zero-order chi connectivity index (χ0) is 13.8. The number of benzene rings is 1. The molecule has 2 rings (SSSR count). The summed E-state index contributed by atoms with van der Waals surface area (Å²) in [6, 6.07) is 6.76. The molecule has 0 unspecified atom stereocenters. The summed E-state index contributed by atoms with van der Waals surface area (Å²) in [6.07, 6.45) is 5.46. The summed E-state index contributed by atoms with van der Waals surface area (Å²) < 4.78 is 5.79. The van der Waals surface area contributed by atoms with E-state index in [2.05, 4.69) is 24.0 Å². The number of nitrogen functional groups attached to an aromatic ring is 1. The number of rotatable bonds is 5. The van der Waals surface area contributed by atoms with Crippen molar-refractivity contribution in [3.05, 3.63) is 18.2 Å². The Morgan fingerprint density at radius 1 is 1.26 bits per heavy atom. The van der Waals surface area contributed by atoms with Gasteiger partial charge in [-0.3, -0.25) is 0 Å². The van der Waals surface area contributed by atoms with Gasteiger partial charge in [0.05, 0.1) is 6.10 Å². The van der Waals surface area contributed by atoms with Crippen LogP contribution in [-0.4, -0.2) is 18.7 Å². The highest BCUT2D eigenvalue weighted by molar-refractivity contribution is 5.61. The van der Waals surface area contributed by atoms with Crippen molar-refractivity contribution in [1.82, 2.24) is 0 Å². The van der Waals surface area contributed by atoms with E-state index >= 15 is 0 Å². The van der Waals surface area contributed by atoms with E-state index in [1.165, 1.54) is 31.4 Å². The molecule has 1 aliphatic rings. The molecular weight excluding hydrogens is 236 g/mol. The molecule has 1 aliphatic carbocycles. The fourth-order valence-corrected chi connectivity index (χ4v) is 2.98. The minimum absolute atomic E-state index is 0.177. The highest BCUT2D eigenvalue weighted by atomic mass is 16.5. The topological polar surface area (TPSA) is 38.5 Å². The molecule has 2 N–H and O–H groups in total. The van der Waals surface area contributed by atoms with E-state index in [0.29, 0.717) is 6.04 Å². The predicted molar refractivity (Wildman–Crippen MR) is 81.9 cm³/mol. The Hall–Kier alpha value is -1.38. The molecule has 0 saturated heterocycles. The molecule has 0 atom stereocenters. The van der Waals surface area contributed by atoms with Crippen molar-refractivity contribution in [1.29, 1.82) is 0 Å². The van der Waals surface area contributed by atoms with Crippen molar-refractivity contribution in [2.45, 2.75) is 58.6 Å². The van der Waals surface area contributed by atoms with Crippen molar-refractivity contribution in [3.8, 4) is 5.75 Å². The first-order valence-corrected chi connectivity index (χ1v) is 7.44. The van der Waals surface area contributed by atoms with Crippen LogP contribution < -0.4 is 15.4 Å². The molecule has 3 nitrogen and oxygen atoms in total. The first-order valence-electron chi connectivity index (χ1n) is 7.44. The maximum absolute atomic E-state index is 6.02. The van der Waals surface area contributed by atoms with Crippen molar-refractivity contribution in [2.75, 3.05) is 17.2 Å². The van der Waals surface area contributed by atoms with Gasteiger partial charge in [-0.2, -0.15) is 0 Å². The van der Waals surface area contributed by atoms with Gasteiger partial charge in [-0.15, -0.1) is 0 Å². The quantitative estimate of drug-likeness (QED) is 0.820. The summed E-state index contributed by atoms with van der Waals surface area (Å²) in [6.45, 7) is 7.31. The number of nitrogens with zero attached hydrogens (tertiary/aromatic N) is 1. The molecule has 0 amide bonds. The zero-order valence-corrected chi connectivity index (χ0v) is 12.4. The Kier molecular flexibility index (Phi) is 4.56. The van der Waals surface area contributed by atoms with E-state index in [-0.39, 0.29) is 6.10 Å². The molecule has 1 fully saturated rings. The summed E-state index contributed by atoms with van der Waals surface area (Å²) in [5, 5.41) is 0. The van der Waals surface area contributed by atoms with Gasteiger partial charge in [0.25, 0.3) is 0 Å². The van der Waals surface area contributed by atoms with Crippen LogP contribution in [0.15, 0.2) is 18.2 Å². The fourth-order valence-electron chi connectivity index (χ4n) is 2.98. The largest absolute Gasteiger partial charge is 0.491 e.